The largest absolute Gasteiger partial charge is 0.497 e. The minimum Gasteiger partial charge on any atom is -0.497 e. The lowest BCUT2D eigenvalue weighted by Gasteiger charge is -2.26. The number of methoxy groups -OCH3 is 2. The number of benzene rings is 7. The van der Waals surface area contributed by atoms with Crippen LogP contribution in [0.1, 0.15) is 39.5 Å². The highest BCUT2D eigenvalue weighted by molar-refractivity contribution is 6.11. The summed E-state index contributed by atoms with van der Waals surface area (Å²) in [6.07, 6.45) is 4.48. The Hall–Kier alpha value is -7.85. The van der Waals surface area contributed by atoms with E-state index in [2.05, 4.69) is 135 Å². The molecule has 0 radical (unpaired) electrons. The van der Waals surface area contributed by atoms with E-state index in [-0.39, 0.29) is 13.2 Å². The van der Waals surface area contributed by atoms with Crippen molar-refractivity contribution in [1.82, 2.24) is 9.13 Å². The van der Waals surface area contributed by atoms with E-state index in [0.717, 1.165) is 102 Å². The van der Waals surface area contributed by atoms with Crippen LogP contribution in [0.2, 0.25) is 0 Å². The second kappa shape index (κ2) is 18.7. The number of hydrogen-bond donors (Lipinski definition) is 2. The average Bonchev–Trinajstić information content (AvgIpc) is 3.79. The summed E-state index contributed by atoms with van der Waals surface area (Å²) in [5, 5.41) is 22.0. The van der Waals surface area contributed by atoms with Gasteiger partial charge in [-0.05, 0) is 131 Å². The lowest BCUT2D eigenvalue weighted by atomic mass is 10.1. The zero-order valence-electron chi connectivity index (χ0n) is 37.9. The minimum absolute atomic E-state index is 0.0311. The summed E-state index contributed by atoms with van der Waals surface area (Å²) in [7, 11) is 3.35. The molecule has 0 fully saturated rings. The Balaban J connectivity index is 1.20. The zero-order chi connectivity index (χ0) is 45.9. The van der Waals surface area contributed by atoms with Gasteiger partial charge in [-0.3, -0.25) is 0 Å². The van der Waals surface area contributed by atoms with Gasteiger partial charge in [-0.15, -0.1) is 0 Å². The molecule has 0 amide bonds. The molecule has 0 unspecified atom stereocenters. The normalized spacial score (nSPS) is 11.2. The number of ether oxygens (including phenoxy) is 2. The molecule has 0 spiro atoms. The SMILES string of the molecule is C=Cn1c(C)c(C)[n+](C=C)c1Cc1ccc(Cn2c3ccc(N(c4ccc(CO)cc4)c4ccc(OC)cc4)cc3c3cc(N(c4ccc(CO)cc4)c4ccc(OC)cc4)ccc32)cc1. The molecule has 0 saturated heterocycles. The standard InChI is InChI=1S/C57H54N5O4/c1-7-58-39(3)40(4)59(8-2)57(58)33-41-9-11-42(12-10-41)36-60-55-31-25-49(61(45-17-13-43(37-63)14-18-45)47-21-27-51(65-5)28-22-47)34-53(55)54-35-50(26-32-56(54)60)62(46-19-15-44(38-64)16-20-46)48-23-29-52(66-6)30-24-48/h7-32,34-35,63-64H,1-2,33,36-38H2,3-6H3/q+1. The Morgan fingerprint density at radius 3 is 1.32 bits per heavy atom. The van der Waals surface area contributed by atoms with Crippen LogP contribution >= 0.6 is 0 Å². The molecule has 9 nitrogen and oxygen atoms in total. The minimum atomic E-state index is -0.0311. The highest BCUT2D eigenvalue weighted by atomic mass is 16.5. The number of hydrogen-bond acceptors (Lipinski definition) is 6. The molecule has 7 aromatic carbocycles. The van der Waals surface area contributed by atoms with Crippen LogP contribution in [0.3, 0.4) is 0 Å². The van der Waals surface area contributed by atoms with Gasteiger partial charge in [0, 0.05) is 76.3 Å². The summed E-state index contributed by atoms with van der Waals surface area (Å²) in [6, 6.07) is 54.5. The molecule has 0 atom stereocenters. The Bertz CT molecular complexity index is 2890. The monoisotopic (exact) mass is 872 g/mol. The maximum atomic E-state index is 9.90. The maximum absolute atomic E-state index is 9.90. The summed E-state index contributed by atoms with van der Waals surface area (Å²) in [5.41, 5.74) is 14.4. The van der Waals surface area contributed by atoms with Crippen molar-refractivity contribution in [3.63, 3.8) is 0 Å². The van der Waals surface area contributed by atoms with Crippen LogP contribution in [0.5, 0.6) is 11.5 Å². The fourth-order valence-corrected chi connectivity index (χ4v) is 9.02. The smallest absolute Gasteiger partial charge is 0.270 e. The fourth-order valence-electron chi connectivity index (χ4n) is 9.02. The van der Waals surface area contributed by atoms with Gasteiger partial charge in [-0.25, -0.2) is 9.13 Å². The van der Waals surface area contributed by atoms with Crippen LogP contribution in [0.4, 0.5) is 34.1 Å². The quantitative estimate of drug-likeness (QED) is 0.0942. The summed E-state index contributed by atoms with van der Waals surface area (Å²) >= 11 is 0. The van der Waals surface area contributed by atoms with E-state index in [9.17, 15) is 10.2 Å². The average molecular weight is 873 g/mol. The number of aromatic nitrogens is 3. The van der Waals surface area contributed by atoms with Crippen molar-refractivity contribution in [2.45, 2.75) is 40.0 Å². The Morgan fingerprint density at radius 2 is 0.924 bits per heavy atom. The van der Waals surface area contributed by atoms with Crippen LogP contribution in [0, 0.1) is 13.8 Å². The van der Waals surface area contributed by atoms with Gasteiger partial charge in [-0.1, -0.05) is 61.7 Å². The summed E-state index contributed by atoms with van der Waals surface area (Å²) in [5.74, 6) is 2.66. The van der Waals surface area contributed by atoms with Gasteiger partial charge < -0.3 is 34.1 Å². The van der Waals surface area contributed by atoms with E-state index < -0.39 is 0 Å². The summed E-state index contributed by atoms with van der Waals surface area (Å²) < 4.78 is 17.8. The number of nitrogens with zero attached hydrogens (tertiary/aromatic N) is 5. The molecule has 9 rings (SSSR count). The highest BCUT2D eigenvalue weighted by Gasteiger charge is 2.24. The molecule has 0 aliphatic heterocycles. The first-order valence-electron chi connectivity index (χ1n) is 22.0. The number of fused-ring (bicyclic) bond motifs is 3. The van der Waals surface area contributed by atoms with Gasteiger partial charge in [0.1, 0.15) is 22.9 Å². The third kappa shape index (κ3) is 8.22. The molecule has 0 bridgehead atoms. The number of aliphatic hydroxyl groups is 2. The predicted octanol–water partition coefficient (Wildman–Crippen LogP) is 12.3. The Kier molecular flexibility index (Phi) is 12.3. The first-order chi connectivity index (χ1) is 32.2. The number of rotatable bonds is 16. The second-order valence-corrected chi connectivity index (χ2v) is 16.4. The lowest BCUT2D eigenvalue weighted by Crippen LogP contribution is -2.33. The van der Waals surface area contributed by atoms with Gasteiger partial charge in [0.15, 0.2) is 0 Å². The third-order valence-electron chi connectivity index (χ3n) is 12.7. The van der Waals surface area contributed by atoms with Crippen molar-refractivity contribution >= 4 is 68.3 Å². The topological polar surface area (TPSA) is 79.1 Å². The van der Waals surface area contributed by atoms with Crippen molar-refractivity contribution in [1.29, 1.82) is 0 Å². The molecule has 9 aromatic rings. The van der Waals surface area contributed by atoms with Gasteiger partial charge >= 0.3 is 0 Å². The van der Waals surface area contributed by atoms with Crippen molar-refractivity contribution in [3.05, 3.63) is 210 Å². The first-order valence-corrected chi connectivity index (χ1v) is 22.0. The van der Waals surface area contributed by atoms with Crippen LogP contribution in [-0.2, 0) is 26.2 Å². The third-order valence-corrected chi connectivity index (χ3v) is 12.7. The Labute approximate surface area is 386 Å². The van der Waals surface area contributed by atoms with Crippen LogP contribution in [0.25, 0.3) is 34.2 Å². The maximum Gasteiger partial charge on any atom is 0.270 e. The van der Waals surface area contributed by atoms with Crippen molar-refractivity contribution in [2.24, 2.45) is 0 Å². The lowest BCUT2D eigenvalue weighted by molar-refractivity contribution is -0.582. The molecule has 0 saturated carbocycles. The van der Waals surface area contributed by atoms with Crippen molar-refractivity contribution in [3.8, 4) is 11.5 Å². The molecule has 2 aromatic heterocycles. The number of aliphatic hydroxyl groups excluding tert-OH is 2. The molecule has 9 heteroatoms. The zero-order valence-corrected chi connectivity index (χ0v) is 37.9. The van der Waals surface area contributed by atoms with Crippen molar-refractivity contribution in [2.75, 3.05) is 24.0 Å². The molecular weight excluding hydrogens is 819 g/mol. The van der Waals surface area contributed by atoms with Gasteiger partial charge in [0.05, 0.1) is 46.3 Å². The first kappa shape index (κ1) is 43.4. The van der Waals surface area contributed by atoms with E-state index in [0.29, 0.717) is 6.54 Å². The van der Waals surface area contributed by atoms with Gasteiger partial charge in [-0.2, -0.15) is 0 Å². The highest BCUT2D eigenvalue weighted by Crippen LogP contribution is 2.43. The van der Waals surface area contributed by atoms with E-state index in [4.69, 9.17) is 9.47 Å². The van der Waals surface area contributed by atoms with Gasteiger partial charge in [0.2, 0.25) is 0 Å². The number of anilines is 6. The van der Waals surface area contributed by atoms with Gasteiger partial charge in [0.25, 0.3) is 5.82 Å². The van der Waals surface area contributed by atoms with Crippen LogP contribution in [0.15, 0.2) is 171 Å². The predicted molar refractivity (Wildman–Crippen MR) is 269 cm³/mol. The number of imidazole rings is 1. The summed E-state index contributed by atoms with van der Waals surface area (Å²) in [4.78, 5) is 4.47. The fraction of sp³-hybridized carbons (Fsp3) is 0.140. The van der Waals surface area contributed by atoms with E-state index in [1.807, 2.05) is 85.2 Å². The van der Waals surface area contributed by atoms with E-state index in [1.54, 1.807) is 14.2 Å². The van der Waals surface area contributed by atoms with E-state index >= 15 is 0 Å². The summed E-state index contributed by atoms with van der Waals surface area (Å²) in [6.45, 7) is 13.0. The molecule has 0 aliphatic carbocycles. The molecule has 66 heavy (non-hydrogen) atoms. The van der Waals surface area contributed by atoms with Crippen molar-refractivity contribution < 1.29 is 24.3 Å². The van der Waals surface area contributed by atoms with Crippen LogP contribution < -0.4 is 23.8 Å². The second-order valence-electron chi connectivity index (χ2n) is 16.4. The molecule has 0 aliphatic rings. The molecule has 330 valence electrons. The van der Waals surface area contributed by atoms with E-state index in [1.165, 1.54) is 11.1 Å². The molecule has 2 heterocycles. The Morgan fingerprint density at radius 1 is 0.530 bits per heavy atom. The molecular formula is C57H54N5O4+. The van der Waals surface area contributed by atoms with Crippen LogP contribution in [-0.4, -0.2) is 33.6 Å². The molecule has 2 N–H and O–H groups in total.